The highest BCUT2D eigenvalue weighted by Gasteiger charge is 2.34. The normalized spacial score (nSPS) is 39.5. The van der Waals surface area contributed by atoms with Crippen LogP contribution in [0, 0.1) is 5.92 Å². The zero-order valence-corrected chi connectivity index (χ0v) is 7.38. The Kier molecular flexibility index (Phi) is 2.55. The van der Waals surface area contributed by atoms with E-state index in [1.54, 1.807) is 0 Å². The van der Waals surface area contributed by atoms with Crippen LogP contribution >= 0.6 is 0 Å². The summed E-state index contributed by atoms with van der Waals surface area (Å²) in [5.74, 6) is 0.315. The Morgan fingerprint density at radius 1 is 1.27 bits per heavy atom. The van der Waals surface area contributed by atoms with Crippen LogP contribution < -0.4 is 0 Å². The standard InChI is InChI=1S/C9H18O2/c1-7(2)9(11)5-3-8(10)4-6-9/h7-8,10-11H,3-6H2,1-2H3. The van der Waals surface area contributed by atoms with Crippen molar-refractivity contribution < 1.29 is 10.2 Å². The van der Waals surface area contributed by atoms with Crippen LogP contribution in [0.5, 0.6) is 0 Å². The van der Waals surface area contributed by atoms with E-state index in [-0.39, 0.29) is 6.10 Å². The highest BCUT2D eigenvalue weighted by molar-refractivity contribution is 4.87. The van der Waals surface area contributed by atoms with Gasteiger partial charge >= 0.3 is 0 Å². The van der Waals surface area contributed by atoms with Crippen LogP contribution in [0.1, 0.15) is 39.5 Å². The van der Waals surface area contributed by atoms with Crippen LogP contribution in [0.25, 0.3) is 0 Å². The van der Waals surface area contributed by atoms with Gasteiger partial charge in [0.15, 0.2) is 0 Å². The van der Waals surface area contributed by atoms with Gasteiger partial charge in [-0.15, -0.1) is 0 Å². The minimum atomic E-state index is -0.501. The predicted molar refractivity (Wildman–Crippen MR) is 44.3 cm³/mol. The van der Waals surface area contributed by atoms with E-state index in [2.05, 4.69) is 0 Å². The summed E-state index contributed by atoms with van der Waals surface area (Å²) < 4.78 is 0. The van der Waals surface area contributed by atoms with Crippen LogP contribution in [-0.4, -0.2) is 21.9 Å². The van der Waals surface area contributed by atoms with Crippen LogP contribution in [0.3, 0.4) is 0 Å². The lowest BCUT2D eigenvalue weighted by molar-refractivity contribution is -0.0636. The number of hydrogen-bond donors (Lipinski definition) is 2. The first-order valence-corrected chi connectivity index (χ1v) is 4.45. The van der Waals surface area contributed by atoms with E-state index < -0.39 is 5.60 Å². The lowest BCUT2D eigenvalue weighted by atomic mass is 9.76. The summed E-state index contributed by atoms with van der Waals surface area (Å²) in [5.41, 5.74) is -0.501. The minimum Gasteiger partial charge on any atom is -0.393 e. The molecule has 0 aromatic rings. The second-order valence-corrected chi connectivity index (χ2v) is 3.99. The Bertz CT molecular complexity index is 124. The highest BCUT2D eigenvalue weighted by Crippen LogP contribution is 2.33. The Balaban J connectivity index is 2.48. The zero-order valence-electron chi connectivity index (χ0n) is 7.38. The van der Waals surface area contributed by atoms with Gasteiger partial charge in [0.2, 0.25) is 0 Å². The molecule has 0 bridgehead atoms. The van der Waals surface area contributed by atoms with E-state index >= 15 is 0 Å². The second-order valence-electron chi connectivity index (χ2n) is 3.99. The fourth-order valence-corrected chi connectivity index (χ4v) is 1.68. The lowest BCUT2D eigenvalue weighted by Gasteiger charge is -2.37. The fourth-order valence-electron chi connectivity index (χ4n) is 1.68. The molecule has 0 atom stereocenters. The fraction of sp³-hybridized carbons (Fsp3) is 1.00. The first kappa shape index (κ1) is 9.01. The van der Waals surface area contributed by atoms with Crippen molar-refractivity contribution >= 4 is 0 Å². The van der Waals surface area contributed by atoms with Gasteiger partial charge < -0.3 is 10.2 Å². The molecule has 1 saturated carbocycles. The average Bonchev–Trinajstić information content (AvgIpc) is 1.95. The molecule has 0 aromatic heterocycles. The zero-order chi connectivity index (χ0) is 8.48. The van der Waals surface area contributed by atoms with Crippen molar-refractivity contribution in [3.8, 4) is 0 Å². The molecule has 0 aromatic carbocycles. The van der Waals surface area contributed by atoms with Crippen LogP contribution in [0.2, 0.25) is 0 Å². The molecular weight excluding hydrogens is 140 g/mol. The summed E-state index contributed by atoms with van der Waals surface area (Å²) >= 11 is 0. The molecule has 66 valence electrons. The van der Waals surface area contributed by atoms with Gasteiger partial charge in [-0.05, 0) is 31.6 Å². The van der Waals surface area contributed by atoms with Gasteiger partial charge in [0.1, 0.15) is 0 Å². The quantitative estimate of drug-likeness (QED) is 0.604. The van der Waals surface area contributed by atoms with Crippen molar-refractivity contribution in [2.45, 2.75) is 51.2 Å². The number of rotatable bonds is 1. The Hall–Kier alpha value is -0.0800. The second kappa shape index (κ2) is 3.11. The SMILES string of the molecule is CC(C)C1(O)CCC(O)CC1. The molecule has 0 radical (unpaired) electrons. The predicted octanol–water partition coefficient (Wildman–Crippen LogP) is 1.31. The molecule has 2 nitrogen and oxygen atoms in total. The third-order valence-corrected chi connectivity index (χ3v) is 2.90. The van der Waals surface area contributed by atoms with Gasteiger partial charge in [0.05, 0.1) is 11.7 Å². The number of hydrogen-bond acceptors (Lipinski definition) is 2. The van der Waals surface area contributed by atoms with Gasteiger partial charge in [0, 0.05) is 0 Å². The molecule has 0 saturated heterocycles. The molecular formula is C9H18O2. The van der Waals surface area contributed by atoms with Crippen molar-refractivity contribution in [1.29, 1.82) is 0 Å². The Labute approximate surface area is 68.2 Å². The van der Waals surface area contributed by atoms with Crippen LogP contribution in [0.15, 0.2) is 0 Å². The summed E-state index contributed by atoms with van der Waals surface area (Å²) in [7, 11) is 0. The van der Waals surface area contributed by atoms with Crippen molar-refractivity contribution in [3.05, 3.63) is 0 Å². The van der Waals surface area contributed by atoms with Crippen LogP contribution in [-0.2, 0) is 0 Å². The van der Waals surface area contributed by atoms with Gasteiger partial charge in [-0.1, -0.05) is 13.8 Å². The van der Waals surface area contributed by atoms with Crippen LogP contribution in [0.4, 0.5) is 0 Å². The molecule has 1 fully saturated rings. The monoisotopic (exact) mass is 158 g/mol. The van der Waals surface area contributed by atoms with Gasteiger partial charge in [-0.2, -0.15) is 0 Å². The van der Waals surface area contributed by atoms with Gasteiger partial charge in [-0.3, -0.25) is 0 Å². The molecule has 1 rings (SSSR count). The molecule has 2 N–H and O–H groups in total. The smallest absolute Gasteiger partial charge is 0.0672 e. The molecule has 1 aliphatic carbocycles. The summed E-state index contributed by atoms with van der Waals surface area (Å²) in [6.07, 6.45) is 2.86. The third kappa shape index (κ3) is 1.94. The molecule has 0 unspecified atom stereocenters. The largest absolute Gasteiger partial charge is 0.393 e. The van der Waals surface area contributed by atoms with Crippen molar-refractivity contribution in [1.82, 2.24) is 0 Å². The molecule has 0 spiro atoms. The van der Waals surface area contributed by atoms with Crippen molar-refractivity contribution in [3.63, 3.8) is 0 Å². The van der Waals surface area contributed by atoms with E-state index in [0.717, 1.165) is 25.7 Å². The van der Waals surface area contributed by atoms with Gasteiger partial charge in [-0.25, -0.2) is 0 Å². The maximum atomic E-state index is 9.96. The van der Waals surface area contributed by atoms with Crippen molar-refractivity contribution in [2.75, 3.05) is 0 Å². The maximum absolute atomic E-state index is 9.96. The third-order valence-electron chi connectivity index (χ3n) is 2.90. The summed E-state index contributed by atoms with van der Waals surface area (Å²) in [4.78, 5) is 0. The maximum Gasteiger partial charge on any atom is 0.0672 e. The Morgan fingerprint density at radius 2 is 1.73 bits per heavy atom. The minimum absolute atomic E-state index is 0.172. The first-order valence-electron chi connectivity index (χ1n) is 4.45. The topological polar surface area (TPSA) is 40.5 Å². The number of aliphatic hydroxyl groups excluding tert-OH is 1. The number of aliphatic hydroxyl groups is 2. The van der Waals surface area contributed by atoms with E-state index in [1.807, 2.05) is 13.8 Å². The van der Waals surface area contributed by atoms with Gasteiger partial charge in [0.25, 0.3) is 0 Å². The molecule has 0 amide bonds. The highest BCUT2D eigenvalue weighted by atomic mass is 16.3. The molecule has 0 aliphatic heterocycles. The summed E-state index contributed by atoms with van der Waals surface area (Å²) in [5, 5.41) is 19.2. The van der Waals surface area contributed by atoms with Crippen molar-refractivity contribution in [2.24, 2.45) is 5.92 Å². The molecule has 2 heteroatoms. The van der Waals surface area contributed by atoms with E-state index in [0.29, 0.717) is 5.92 Å². The molecule has 11 heavy (non-hydrogen) atoms. The summed E-state index contributed by atoms with van der Waals surface area (Å²) in [6, 6.07) is 0. The summed E-state index contributed by atoms with van der Waals surface area (Å²) in [6.45, 7) is 4.08. The average molecular weight is 158 g/mol. The lowest BCUT2D eigenvalue weighted by Crippen LogP contribution is -2.40. The Morgan fingerprint density at radius 3 is 2.09 bits per heavy atom. The van der Waals surface area contributed by atoms with E-state index in [9.17, 15) is 10.2 Å². The van der Waals surface area contributed by atoms with E-state index in [4.69, 9.17) is 0 Å². The molecule has 0 heterocycles. The molecule has 1 aliphatic rings. The van der Waals surface area contributed by atoms with E-state index in [1.165, 1.54) is 0 Å². The first-order chi connectivity index (χ1) is 5.04.